The number of hydrogen-bond donors (Lipinski definition) is 2. The molecule has 2 unspecified atom stereocenters. The molecule has 0 aromatic heterocycles. The molecule has 0 amide bonds. The Morgan fingerprint density at radius 3 is 2.86 bits per heavy atom. The molecular weight excluding hydrogens is 174 g/mol. The first kappa shape index (κ1) is 11.7. The minimum absolute atomic E-state index is 0.537. The van der Waals surface area contributed by atoms with E-state index in [0.717, 1.165) is 18.9 Å². The van der Waals surface area contributed by atoms with Crippen molar-refractivity contribution in [2.75, 3.05) is 13.1 Å². The maximum absolute atomic E-state index is 9.78. The summed E-state index contributed by atoms with van der Waals surface area (Å²) in [7, 11) is 0. The van der Waals surface area contributed by atoms with E-state index in [1.807, 2.05) is 13.8 Å². The Labute approximate surface area is 87.4 Å². The van der Waals surface area contributed by atoms with Gasteiger partial charge in [-0.05, 0) is 45.1 Å². The fourth-order valence-corrected chi connectivity index (χ4v) is 1.71. The quantitative estimate of drug-likeness (QED) is 0.661. The van der Waals surface area contributed by atoms with E-state index in [1.54, 1.807) is 0 Å². The average molecular weight is 197 g/mol. The number of allylic oxidation sites excluding steroid dienone is 2. The zero-order chi connectivity index (χ0) is 10.4. The highest BCUT2D eigenvalue weighted by Gasteiger charge is 2.17. The molecule has 0 radical (unpaired) electrons. The highest BCUT2D eigenvalue weighted by molar-refractivity contribution is 4.90. The molecule has 1 aliphatic carbocycles. The fraction of sp³-hybridized carbons (Fsp3) is 0.833. The molecule has 0 saturated heterocycles. The SMILES string of the molecule is CCC(C)(O)CNCC1CC=CCC1. The van der Waals surface area contributed by atoms with Crippen molar-refractivity contribution in [2.24, 2.45) is 5.92 Å². The lowest BCUT2D eigenvalue weighted by Gasteiger charge is -2.24. The zero-order valence-corrected chi connectivity index (χ0v) is 9.42. The van der Waals surface area contributed by atoms with Crippen LogP contribution in [0.3, 0.4) is 0 Å². The van der Waals surface area contributed by atoms with Gasteiger partial charge in [-0.3, -0.25) is 0 Å². The summed E-state index contributed by atoms with van der Waals surface area (Å²) in [6.07, 6.45) is 9.05. The summed E-state index contributed by atoms with van der Waals surface area (Å²) in [6.45, 7) is 5.66. The van der Waals surface area contributed by atoms with Gasteiger partial charge in [0.15, 0.2) is 0 Å². The molecule has 0 aromatic carbocycles. The van der Waals surface area contributed by atoms with Gasteiger partial charge in [0.2, 0.25) is 0 Å². The van der Waals surface area contributed by atoms with Crippen molar-refractivity contribution in [3.05, 3.63) is 12.2 Å². The number of hydrogen-bond acceptors (Lipinski definition) is 2. The summed E-state index contributed by atoms with van der Waals surface area (Å²) in [4.78, 5) is 0. The van der Waals surface area contributed by atoms with E-state index in [-0.39, 0.29) is 0 Å². The fourth-order valence-electron chi connectivity index (χ4n) is 1.71. The highest BCUT2D eigenvalue weighted by atomic mass is 16.3. The first-order chi connectivity index (χ1) is 6.64. The predicted octanol–water partition coefficient (Wildman–Crippen LogP) is 2.09. The van der Waals surface area contributed by atoms with Crippen LogP contribution in [0.2, 0.25) is 0 Å². The predicted molar refractivity (Wildman–Crippen MR) is 60.3 cm³/mol. The third kappa shape index (κ3) is 4.25. The van der Waals surface area contributed by atoms with E-state index >= 15 is 0 Å². The van der Waals surface area contributed by atoms with E-state index in [2.05, 4.69) is 17.5 Å². The van der Waals surface area contributed by atoms with Crippen LogP contribution >= 0.6 is 0 Å². The molecule has 2 heteroatoms. The standard InChI is InChI=1S/C12H23NO/c1-3-12(2,14)10-13-9-11-7-5-4-6-8-11/h4-5,11,13-14H,3,6-10H2,1-2H3. The van der Waals surface area contributed by atoms with Crippen LogP contribution in [-0.4, -0.2) is 23.8 Å². The molecule has 0 aliphatic heterocycles. The normalized spacial score (nSPS) is 26.1. The van der Waals surface area contributed by atoms with Crippen molar-refractivity contribution in [1.29, 1.82) is 0 Å². The second-order valence-electron chi connectivity index (χ2n) is 4.63. The lowest BCUT2D eigenvalue weighted by molar-refractivity contribution is 0.0548. The van der Waals surface area contributed by atoms with Gasteiger partial charge in [0, 0.05) is 6.54 Å². The van der Waals surface area contributed by atoms with Gasteiger partial charge >= 0.3 is 0 Å². The van der Waals surface area contributed by atoms with Gasteiger partial charge in [-0.15, -0.1) is 0 Å². The molecule has 0 fully saturated rings. The molecule has 2 atom stereocenters. The Bertz CT molecular complexity index is 187. The van der Waals surface area contributed by atoms with Crippen molar-refractivity contribution < 1.29 is 5.11 Å². The summed E-state index contributed by atoms with van der Waals surface area (Å²) < 4.78 is 0. The van der Waals surface area contributed by atoms with Crippen LogP contribution in [0.1, 0.15) is 39.5 Å². The van der Waals surface area contributed by atoms with E-state index in [1.165, 1.54) is 19.3 Å². The summed E-state index contributed by atoms with van der Waals surface area (Å²) in [5, 5.41) is 13.1. The molecular formula is C12H23NO. The van der Waals surface area contributed by atoms with Gasteiger partial charge in [0.25, 0.3) is 0 Å². The maximum Gasteiger partial charge on any atom is 0.0740 e. The third-order valence-electron chi connectivity index (χ3n) is 3.08. The Morgan fingerprint density at radius 1 is 1.50 bits per heavy atom. The second-order valence-corrected chi connectivity index (χ2v) is 4.63. The summed E-state index contributed by atoms with van der Waals surface area (Å²) in [5.41, 5.74) is -0.537. The molecule has 82 valence electrons. The van der Waals surface area contributed by atoms with E-state index in [4.69, 9.17) is 0 Å². The van der Waals surface area contributed by atoms with Crippen LogP contribution in [0.4, 0.5) is 0 Å². The smallest absolute Gasteiger partial charge is 0.0740 e. The molecule has 0 spiro atoms. The minimum Gasteiger partial charge on any atom is -0.389 e. The first-order valence-corrected chi connectivity index (χ1v) is 5.72. The zero-order valence-electron chi connectivity index (χ0n) is 9.42. The van der Waals surface area contributed by atoms with Crippen LogP contribution in [0.15, 0.2) is 12.2 Å². The average Bonchev–Trinajstić information content (AvgIpc) is 2.19. The highest BCUT2D eigenvalue weighted by Crippen LogP contribution is 2.17. The van der Waals surface area contributed by atoms with Gasteiger partial charge in [0.1, 0.15) is 0 Å². The molecule has 14 heavy (non-hydrogen) atoms. The van der Waals surface area contributed by atoms with Crippen molar-refractivity contribution in [3.8, 4) is 0 Å². The maximum atomic E-state index is 9.78. The minimum atomic E-state index is -0.537. The van der Waals surface area contributed by atoms with Gasteiger partial charge in [0.05, 0.1) is 5.60 Å². The van der Waals surface area contributed by atoms with E-state index in [9.17, 15) is 5.11 Å². The Morgan fingerprint density at radius 2 is 2.29 bits per heavy atom. The summed E-state index contributed by atoms with van der Waals surface area (Å²) >= 11 is 0. The van der Waals surface area contributed by atoms with E-state index in [0.29, 0.717) is 6.54 Å². The molecule has 2 N–H and O–H groups in total. The van der Waals surface area contributed by atoms with Crippen molar-refractivity contribution in [2.45, 2.75) is 45.1 Å². The Hall–Kier alpha value is -0.340. The number of aliphatic hydroxyl groups is 1. The van der Waals surface area contributed by atoms with Crippen molar-refractivity contribution >= 4 is 0 Å². The van der Waals surface area contributed by atoms with Gasteiger partial charge in [-0.1, -0.05) is 19.1 Å². The lowest BCUT2D eigenvalue weighted by atomic mass is 9.94. The summed E-state index contributed by atoms with van der Waals surface area (Å²) in [5.74, 6) is 0.771. The Balaban J connectivity index is 2.11. The summed E-state index contributed by atoms with van der Waals surface area (Å²) in [6, 6.07) is 0. The molecule has 1 aliphatic rings. The number of rotatable bonds is 5. The topological polar surface area (TPSA) is 32.3 Å². The van der Waals surface area contributed by atoms with Crippen LogP contribution in [0.5, 0.6) is 0 Å². The van der Waals surface area contributed by atoms with Crippen LogP contribution in [-0.2, 0) is 0 Å². The molecule has 0 bridgehead atoms. The van der Waals surface area contributed by atoms with Crippen LogP contribution in [0.25, 0.3) is 0 Å². The lowest BCUT2D eigenvalue weighted by Crippen LogP contribution is -2.39. The van der Waals surface area contributed by atoms with Crippen molar-refractivity contribution in [1.82, 2.24) is 5.32 Å². The molecule has 1 rings (SSSR count). The van der Waals surface area contributed by atoms with Crippen LogP contribution in [0, 0.1) is 5.92 Å². The second kappa shape index (κ2) is 5.52. The van der Waals surface area contributed by atoms with Gasteiger partial charge in [-0.2, -0.15) is 0 Å². The molecule has 0 heterocycles. The van der Waals surface area contributed by atoms with Crippen LogP contribution < -0.4 is 5.32 Å². The van der Waals surface area contributed by atoms with E-state index < -0.39 is 5.60 Å². The largest absolute Gasteiger partial charge is 0.389 e. The third-order valence-corrected chi connectivity index (χ3v) is 3.08. The number of nitrogens with one attached hydrogen (secondary N) is 1. The van der Waals surface area contributed by atoms with Gasteiger partial charge in [-0.25, -0.2) is 0 Å². The first-order valence-electron chi connectivity index (χ1n) is 5.72. The molecule has 0 aromatic rings. The van der Waals surface area contributed by atoms with Crippen molar-refractivity contribution in [3.63, 3.8) is 0 Å². The Kier molecular flexibility index (Phi) is 4.63. The molecule has 0 saturated carbocycles. The molecule has 2 nitrogen and oxygen atoms in total. The van der Waals surface area contributed by atoms with Gasteiger partial charge < -0.3 is 10.4 Å². The monoisotopic (exact) mass is 197 g/mol.